The van der Waals surface area contributed by atoms with Crippen LogP contribution >= 0.6 is 11.8 Å². The molecule has 0 aliphatic carbocycles. The van der Waals surface area contributed by atoms with E-state index in [1.54, 1.807) is 42.5 Å². The van der Waals surface area contributed by atoms with E-state index < -0.39 is 0 Å². The summed E-state index contributed by atoms with van der Waals surface area (Å²) in [6, 6.07) is 11.0. The second-order valence-electron chi connectivity index (χ2n) is 6.13. The van der Waals surface area contributed by atoms with Crippen molar-refractivity contribution < 1.29 is 23.5 Å². The second kappa shape index (κ2) is 9.43. The second-order valence-corrected chi connectivity index (χ2v) is 7.13. The van der Waals surface area contributed by atoms with Crippen LogP contribution in [0.25, 0.3) is 6.08 Å². The highest BCUT2D eigenvalue weighted by atomic mass is 32.2. The Kier molecular flexibility index (Phi) is 6.72. The predicted octanol–water partition coefficient (Wildman–Crippen LogP) is 5.03. The molecule has 0 aromatic heterocycles. The molecule has 2 aromatic carbocycles. The lowest BCUT2D eigenvalue weighted by atomic mass is 10.1. The smallest absolute Gasteiger partial charge is 0.293 e. The molecule has 0 unspecified atom stereocenters. The molecule has 1 saturated heterocycles. The Balaban J connectivity index is 1.80. The van der Waals surface area contributed by atoms with Gasteiger partial charge in [-0.2, -0.15) is 0 Å². The Bertz CT molecular complexity index is 956. The van der Waals surface area contributed by atoms with E-state index in [0.29, 0.717) is 40.7 Å². The van der Waals surface area contributed by atoms with Gasteiger partial charge in [-0.05, 0) is 60.2 Å². The van der Waals surface area contributed by atoms with Crippen LogP contribution in [-0.2, 0) is 11.3 Å². The number of carbonyl (C=O) groups is 2. The number of carbonyl (C=O) groups excluding carboxylic acids is 2. The Morgan fingerprint density at radius 2 is 1.86 bits per heavy atom. The molecule has 0 saturated carbocycles. The molecular weight excluding hydrogens is 393 g/mol. The number of thioether (sulfide) groups is 1. The molecule has 1 heterocycles. The minimum absolute atomic E-state index is 0.0980. The van der Waals surface area contributed by atoms with Crippen LogP contribution in [0.3, 0.4) is 0 Å². The van der Waals surface area contributed by atoms with Gasteiger partial charge in [-0.15, -0.1) is 0 Å². The third-order valence-corrected chi connectivity index (χ3v) is 4.96. The Hall–Kier alpha value is -3.06. The van der Waals surface area contributed by atoms with Gasteiger partial charge in [-0.25, -0.2) is 4.39 Å². The summed E-state index contributed by atoms with van der Waals surface area (Å²) in [5, 5.41) is -0.360. The molecule has 3 rings (SSSR count). The van der Waals surface area contributed by atoms with Gasteiger partial charge in [0, 0.05) is 0 Å². The Morgan fingerprint density at radius 3 is 2.55 bits per heavy atom. The minimum atomic E-state index is -0.380. The highest BCUT2D eigenvalue weighted by molar-refractivity contribution is 8.18. The molecule has 0 atom stereocenters. The van der Waals surface area contributed by atoms with E-state index in [0.717, 1.165) is 16.7 Å². The summed E-state index contributed by atoms with van der Waals surface area (Å²) < 4.78 is 24.2. The zero-order valence-corrected chi connectivity index (χ0v) is 16.7. The maximum atomic E-state index is 13.1. The van der Waals surface area contributed by atoms with Crippen molar-refractivity contribution in [1.29, 1.82) is 0 Å². The van der Waals surface area contributed by atoms with Crippen LogP contribution in [0.15, 0.2) is 60.0 Å². The number of nitrogens with zero attached hydrogens (tertiary/aromatic N) is 1. The minimum Gasteiger partial charge on any atom is -0.490 e. The van der Waals surface area contributed by atoms with E-state index in [9.17, 15) is 14.0 Å². The van der Waals surface area contributed by atoms with Gasteiger partial charge in [0.25, 0.3) is 11.1 Å². The molecule has 150 valence electrons. The summed E-state index contributed by atoms with van der Waals surface area (Å²) in [5.74, 6) is 0.379. The maximum Gasteiger partial charge on any atom is 0.293 e. The monoisotopic (exact) mass is 413 g/mol. The number of imide groups is 1. The SMILES string of the molecule is C=CCOc1ccc(/C=C2\SC(=O)N(Cc3ccc(F)cc3)C2=O)cc1OCC. The van der Waals surface area contributed by atoms with Crippen molar-refractivity contribution in [2.24, 2.45) is 0 Å². The molecule has 5 nitrogen and oxygen atoms in total. The van der Waals surface area contributed by atoms with E-state index in [1.165, 1.54) is 12.1 Å². The lowest BCUT2D eigenvalue weighted by molar-refractivity contribution is -0.123. The summed E-state index contributed by atoms with van der Waals surface area (Å²) >= 11 is 0.875. The van der Waals surface area contributed by atoms with Crippen LogP contribution in [-0.4, -0.2) is 29.3 Å². The highest BCUT2D eigenvalue weighted by Gasteiger charge is 2.35. The van der Waals surface area contributed by atoms with Crippen LogP contribution in [0.2, 0.25) is 0 Å². The van der Waals surface area contributed by atoms with Crippen molar-refractivity contribution in [1.82, 2.24) is 4.90 Å². The first-order valence-corrected chi connectivity index (χ1v) is 9.83. The standard InChI is InChI=1S/C22H20FNO4S/c1-3-11-28-18-10-7-16(12-19(18)27-4-2)13-20-21(25)24(22(26)29-20)14-15-5-8-17(23)9-6-15/h3,5-10,12-13H,1,4,11,14H2,2H3/b20-13-. The molecule has 0 N–H and O–H groups in total. The van der Waals surface area contributed by atoms with Gasteiger partial charge >= 0.3 is 0 Å². The first-order chi connectivity index (χ1) is 14.0. The van der Waals surface area contributed by atoms with E-state index in [-0.39, 0.29) is 23.5 Å². The topological polar surface area (TPSA) is 55.8 Å². The van der Waals surface area contributed by atoms with Crippen LogP contribution in [0, 0.1) is 5.82 Å². The third-order valence-electron chi connectivity index (χ3n) is 4.05. The molecule has 29 heavy (non-hydrogen) atoms. The van der Waals surface area contributed by atoms with Crippen molar-refractivity contribution >= 4 is 29.0 Å². The van der Waals surface area contributed by atoms with Crippen LogP contribution in [0.4, 0.5) is 9.18 Å². The quantitative estimate of drug-likeness (QED) is 0.449. The Labute approximate surface area is 172 Å². The van der Waals surface area contributed by atoms with E-state index in [1.807, 2.05) is 6.92 Å². The van der Waals surface area contributed by atoms with Gasteiger partial charge in [0.2, 0.25) is 0 Å². The summed E-state index contributed by atoms with van der Waals surface area (Å²) in [5.41, 5.74) is 1.39. The number of hydrogen-bond acceptors (Lipinski definition) is 5. The average Bonchev–Trinajstić information content (AvgIpc) is 2.96. The molecule has 7 heteroatoms. The first kappa shape index (κ1) is 20.7. The van der Waals surface area contributed by atoms with Gasteiger partial charge in [0.1, 0.15) is 12.4 Å². The fourth-order valence-corrected chi connectivity index (χ4v) is 3.55. The summed E-state index contributed by atoms with van der Waals surface area (Å²) in [7, 11) is 0. The summed E-state index contributed by atoms with van der Waals surface area (Å²) in [4.78, 5) is 26.4. The summed E-state index contributed by atoms with van der Waals surface area (Å²) in [6.45, 7) is 6.40. The number of amides is 2. The van der Waals surface area contributed by atoms with Crippen LogP contribution in [0.1, 0.15) is 18.1 Å². The summed E-state index contributed by atoms with van der Waals surface area (Å²) in [6.07, 6.45) is 3.29. The maximum absolute atomic E-state index is 13.1. The highest BCUT2D eigenvalue weighted by Crippen LogP contribution is 2.35. The number of hydrogen-bond donors (Lipinski definition) is 0. The van der Waals surface area contributed by atoms with Gasteiger partial charge < -0.3 is 9.47 Å². The molecule has 0 radical (unpaired) electrons. The largest absolute Gasteiger partial charge is 0.490 e. The molecule has 2 aromatic rings. The zero-order valence-electron chi connectivity index (χ0n) is 15.9. The molecule has 1 aliphatic heterocycles. The molecular formula is C22H20FNO4S. The van der Waals surface area contributed by atoms with Crippen LogP contribution < -0.4 is 9.47 Å². The van der Waals surface area contributed by atoms with E-state index >= 15 is 0 Å². The van der Waals surface area contributed by atoms with Gasteiger partial charge in [0.05, 0.1) is 18.1 Å². The number of ether oxygens (including phenoxy) is 2. The molecule has 0 spiro atoms. The molecule has 1 fully saturated rings. The zero-order chi connectivity index (χ0) is 20.8. The van der Waals surface area contributed by atoms with Gasteiger partial charge in [-0.3, -0.25) is 14.5 Å². The number of benzene rings is 2. The number of rotatable bonds is 8. The van der Waals surface area contributed by atoms with E-state index in [4.69, 9.17) is 9.47 Å². The normalized spacial score (nSPS) is 15.1. The van der Waals surface area contributed by atoms with Crippen molar-refractivity contribution in [3.63, 3.8) is 0 Å². The first-order valence-electron chi connectivity index (χ1n) is 9.02. The van der Waals surface area contributed by atoms with Crippen molar-refractivity contribution in [3.8, 4) is 11.5 Å². The van der Waals surface area contributed by atoms with Crippen molar-refractivity contribution in [2.45, 2.75) is 13.5 Å². The van der Waals surface area contributed by atoms with E-state index in [2.05, 4.69) is 6.58 Å². The van der Waals surface area contributed by atoms with Crippen molar-refractivity contribution in [2.75, 3.05) is 13.2 Å². The lowest BCUT2D eigenvalue weighted by Gasteiger charge is -2.12. The Morgan fingerprint density at radius 1 is 1.10 bits per heavy atom. The molecule has 2 amide bonds. The van der Waals surface area contributed by atoms with Gasteiger partial charge in [0.15, 0.2) is 11.5 Å². The van der Waals surface area contributed by atoms with Crippen LogP contribution in [0.5, 0.6) is 11.5 Å². The average molecular weight is 413 g/mol. The molecule has 0 bridgehead atoms. The fourth-order valence-electron chi connectivity index (χ4n) is 2.71. The number of halogens is 1. The predicted molar refractivity (Wildman–Crippen MR) is 111 cm³/mol. The van der Waals surface area contributed by atoms with Crippen molar-refractivity contribution in [3.05, 3.63) is 77.0 Å². The molecule has 1 aliphatic rings. The fraction of sp³-hybridized carbons (Fsp3) is 0.182. The lowest BCUT2D eigenvalue weighted by Crippen LogP contribution is -2.27. The third kappa shape index (κ3) is 5.06. The van der Waals surface area contributed by atoms with Gasteiger partial charge in [-0.1, -0.05) is 30.9 Å².